The lowest BCUT2D eigenvalue weighted by atomic mass is 9.94. The third-order valence-corrected chi connectivity index (χ3v) is 4.04. The fourth-order valence-electron chi connectivity index (χ4n) is 1.39. The van der Waals surface area contributed by atoms with Gasteiger partial charge in [0.1, 0.15) is 0 Å². The monoisotopic (exact) mass is 222 g/mol. The summed E-state index contributed by atoms with van der Waals surface area (Å²) >= 11 is 6.22. The third-order valence-electron chi connectivity index (χ3n) is 2.24. The summed E-state index contributed by atoms with van der Waals surface area (Å²) < 4.78 is 1.34. The summed E-state index contributed by atoms with van der Waals surface area (Å²) in [6.07, 6.45) is 0. The number of rotatable bonds is 0. The van der Waals surface area contributed by atoms with Gasteiger partial charge in [0.05, 0.1) is 0 Å². The summed E-state index contributed by atoms with van der Waals surface area (Å²) in [5.74, 6) is 0. The maximum Gasteiger partial charge on any atom is 0.0356 e. The Morgan fingerprint density at radius 2 is 1.86 bits per heavy atom. The van der Waals surface area contributed by atoms with Crippen molar-refractivity contribution < 1.29 is 0 Å². The van der Waals surface area contributed by atoms with Crippen LogP contribution >= 0.6 is 24.0 Å². The second kappa shape index (κ2) is 3.28. The molecular formula is C12H14S2. The van der Waals surface area contributed by atoms with Crippen molar-refractivity contribution in [2.75, 3.05) is 0 Å². The van der Waals surface area contributed by atoms with Gasteiger partial charge in [0.15, 0.2) is 0 Å². The Kier molecular flexibility index (Phi) is 2.36. The molecule has 0 atom stereocenters. The van der Waals surface area contributed by atoms with Gasteiger partial charge in [-0.3, -0.25) is 0 Å². The Morgan fingerprint density at radius 1 is 1.14 bits per heavy atom. The van der Waals surface area contributed by atoms with Crippen LogP contribution in [0.15, 0.2) is 29.2 Å². The molecule has 2 aromatic rings. The molecule has 0 saturated carbocycles. The minimum atomic E-state index is 0.250. The Morgan fingerprint density at radius 3 is 2.50 bits per heavy atom. The van der Waals surface area contributed by atoms with Crippen molar-refractivity contribution in [1.82, 2.24) is 0 Å². The Balaban J connectivity index is 2.63. The summed E-state index contributed by atoms with van der Waals surface area (Å²) in [4.78, 5) is 2.48. The fraction of sp³-hybridized carbons (Fsp3) is 0.333. The zero-order valence-corrected chi connectivity index (χ0v) is 10.4. The number of hydrogen-bond acceptors (Lipinski definition) is 2. The molecule has 0 aliphatic rings. The Labute approximate surface area is 94.4 Å². The van der Waals surface area contributed by atoms with Crippen LogP contribution in [0.1, 0.15) is 25.6 Å². The molecule has 14 heavy (non-hydrogen) atoms. The van der Waals surface area contributed by atoms with Crippen molar-refractivity contribution in [3.63, 3.8) is 0 Å². The molecule has 0 aliphatic carbocycles. The molecular weight excluding hydrogens is 208 g/mol. The van der Waals surface area contributed by atoms with Gasteiger partial charge in [-0.1, -0.05) is 26.8 Å². The van der Waals surface area contributed by atoms with Crippen LogP contribution in [0.25, 0.3) is 10.1 Å². The number of thiol groups is 1. The van der Waals surface area contributed by atoms with Gasteiger partial charge in [-0.25, -0.2) is 0 Å². The van der Waals surface area contributed by atoms with Gasteiger partial charge in [0, 0.05) is 14.5 Å². The summed E-state index contributed by atoms with van der Waals surface area (Å²) in [5.41, 5.74) is 0.250. The van der Waals surface area contributed by atoms with E-state index >= 15 is 0 Å². The molecule has 0 spiro atoms. The number of benzene rings is 1. The molecule has 0 unspecified atom stereocenters. The van der Waals surface area contributed by atoms with Gasteiger partial charge in [-0.15, -0.1) is 24.0 Å². The van der Waals surface area contributed by atoms with E-state index in [2.05, 4.69) is 51.6 Å². The highest BCUT2D eigenvalue weighted by Gasteiger charge is 2.16. The average molecular weight is 222 g/mol. The quantitative estimate of drug-likeness (QED) is 0.624. The molecule has 0 amide bonds. The maximum atomic E-state index is 4.35. The zero-order valence-electron chi connectivity index (χ0n) is 8.66. The van der Waals surface area contributed by atoms with Gasteiger partial charge in [0.2, 0.25) is 0 Å². The Hall–Kier alpha value is -0.470. The van der Waals surface area contributed by atoms with Crippen molar-refractivity contribution in [1.29, 1.82) is 0 Å². The first kappa shape index (κ1) is 10.1. The van der Waals surface area contributed by atoms with Crippen LogP contribution in [-0.2, 0) is 5.41 Å². The van der Waals surface area contributed by atoms with E-state index in [0.717, 1.165) is 4.90 Å². The lowest BCUT2D eigenvalue weighted by Crippen LogP contribution is -2.07. The average Bonchev–Trinajstić information content (AvgIpc) is 2.45. The molecule has 1 heterocycles. The molecule has 0 nitrogen and oxygen atoms in total. The molecule has 0 fully saturated rings. The van der Waals surface area contributed by atoms with Gasteiger partial charge >= 0.3 is 0 Å². The third kappa shape index (κ3) is 1.82. The molecule has 0 saturated heterocycles. The summed E-state index contributed by atoms with van der Waals surface area (Å²) in [7, 11) is 0. The van der Waals surface area contributed by atoms with Crippen LogP contribution < -0.4 is 0 Å². The number of thiophene rings is 1. The van der Waals surface area contributed by atoms with Gasteiger partial charge in [0.25, 0.3) is 0 Å². The minimum Gasteiger partial charge on any atom is -0.143 e. The molecule has 0 aliphatic heterocycles. The molecule has 74 valence electrons. The second-order valence-corrected chi connectivity index (χ2v) is 6.18. The summed E-state index contributed by atoms with van der Waals surface area (Å²) in [5, 5.41) is 1.33. The lowest BCUT2D eigenvalue weighted by Gasteiger charge is -2.14. The van der Waals surface area contributed by atoms with Crippen LogP contribution in [0.5, 0.6) is 0 Å². The highest BCUT2D eigenvalue weighted by Crippen LogP contribution is 2.34. The van der Waals surface area contributed by atoms with Crippen LogP contribution in [0.4, 0.5) is 0 Å². The lowest BCUT2D eigenvalue weighted by molar-refractivity contribution is 0.604. The van der Waals surface area contributed by atoms with Crippen molar-refractivity contribution in [2.24, 2.45) is 0 Å². The highest BCUT2D eigenvalue weighted by atomic mass is 32.1. The van der Waals surface area contributed by atoms with E-state index in [-0.39, 0.29) is 5.41 Å². The van der Waals surface area contributed by atoms with Crippen LogP contribution in [-0.4, -0.2) is 0 Å². The zero-order chi connectivity index (χ0) is 10.3. The molecule has 2 rings (SSSR count). The van der Waals surface area contributed by atoms with Crippen molar-refractivity contribution in [2.45, 2.75) is 31.1 Å². The molecule has 2 heteroatoms. The van der Waals surface area contributed by atoms with E-state index in [1.165, 1.54) is 15.0 Å². The number of hydrogen-bond donors (Lipinski definition) is 1. The topological polar surface area (TPSA) is 0 Å². The molecule has 0 N–H and O–H groups in total. The van der Waals surface area contributed by atoms with Crippen molar-refractivity contribution in [3.8, 4) is 0 Å². The van der Waals surface area contributed by atoms with E-state index in [1.54, 1.807) is 0 Å². The van der Waals surface area contributed by atoms with Crippen LogP contribution in [0.2, 0.25) is 0 Å². The van der Waals surface area contributed by atoms with Gasteiger partial charge in [-0.2, -0.15) is 0 Å². The fourth-order valence-corrected chi connectivity index (χ4v) is 2.84. The van der Waals surface area contributed by atoms with E-state index in [0.29, 0.717) is 0 Å². The summed E-state index contributed by atoms with van der Waals surface area (Å²) in [6.45, 7) is 6.75. The number of fused-ring (bicyclic) bond motifs is 1. The van der Waals surface area contributed by atoms with E-state index in [1.807, 2.05) is 17.4 Å². The van der Waals surface area contributed by atoms with Crippen molar-refractivity contribution in [3.05, 3.63) is 29.1 Å². The SMILES string of the molecule is CC(C)(C)c1cc2ccc(S)cc2s1. The standard InChI is InChI=1S/C12H14S2/c1-12(2,3)11-6-8-4-5-9(13)7-10(8)14-11/h4-7,13H,1-3H3. The van der Waals surface area contributed by atoms with Crippen LogP contribution in [0, 0.1) is 0 Å². The first-order chi connectivity index (χ1) is 6.47. The van der Waals surface area contributed by atoms with E-state index in [4.69, 9.17) is 0 Å². The smallest absolute Gasteiger partial charge is 0.0356 e. The molecule has 0 radical (unpaired) electrons. The minimum absolute atomic E-state index is 0.250. The summed E-state index contributed by atoms with van der Waals surface area (Å²) in [6, 6.07) is 8.61. The normalized spacial score (nSPS) is 12.3. The predicted molar refractivity (Wildman–Crippen MR) is 67.8 cm³/mol. The van der Waals surface area contributed by atoms with Gasteiger partial charge in [-0.05, 0) is 29.0 Å². The van der Waals surface area contributed by atoms with Gasteiger partial charge < -0.3 is 0 Å². The van der Waals surface area contributed by atoms with Crippen molar-refractivity contribution >= 4 is 34.1 Å². The molecule has 1 aromatic carbocycles. The maximum absolute atomic E-state index is 4.35. The van der Waals surface area contributed by atoms with E-state index in [9.17, 15) is 0 Å². The largest absolute Gasteiger partial charge is 0.143 e. The van der Waals surface area contributed by atoms with E-state index < -0.39 is 0 Å². The molecule has 1 aromatic heterocycles. The molecule has 0 bridgehead atoms. The Bertz CT molecular complexity index is 461. The second-order valence-electron chi connectivity index (χ2n) is 4.58. The van der Waals surface area contributed by atoms with Crippen LogP contribution in [0.3, 0.4) is 0 Å². The first-order valence-corrected chi connectivity index (χ1v) is 5.96. The first-order valence-electron chi connectivity index (χ1n) is 4.70. The predicted octanol–water partition coefficient (Wildman–Crippen LogP) is 4.49. The highest BCUT2D eigenvalue weighted by molar-refractivity contribution is 7.80.